The molecule has 1 atom stereocenters. The van der Waals surface area contributed by atoms with Crippen LogP contribution in [0.3, 0.4) is 0 Å². The average molecular weight is 240 g/mol. The molecule has 1 heterocycles. The summed E-state index contributed by atoms with van der Waals surface area (Å²) in [5.41, 5.74) is 2.45. The predicted molar refractivity (Wildman–Crippen MR) is 75.4 cm³/mol. The average Bonchev–Trinajstić information content (AvgIpc) is 3.24. The number of para-hydroxylation sites is 1. The molecule has 0 bridgehead atoms. The number of rotatable bonds is 5. The maximum atomic E-state index is 4.51. The minimum atomic E-state index is 0.684. The van der Waals surface area contributed by atoms with Gasteiger partial charge in [-0.05, 0) is 36.8 Å². The van der Waals surface area contributed by atoms with Crippen molar-refractivity contribution in [2.24, 2.45) is 5.92 Å². The highest BCUT2D eigenvalue weighted by atomic mass is 14.9. The van der Waals surface area contributed by atoms with Crippen LogP contribution in [0.5, 0.6) is 0 Å². The normalized spacial score (nSPS) is 16.9. The van der Waals surface area contributed by atoms with E-state index in [1.165, 1.54) is 30.2 Å². The van der Waals surface area contributed by atoms with E-state index in [0.717, 1.165) is 18.0 Å². The lowest BCUT2D eigenvalue weighted by Crippen LogP contribution is -2.29. The lowest BCUT2D eigenvalue weighted by Gasteiger charge is -2.16. The van der Waals surface area contributed by atoms with Gasteiger partial charge in [0.05, 0.1) is 5.52 Å². The fourth-order valence-electron chi connectivity index (χ4n) is 2.69. The van der Waals surface area contributed by atoms with Gasteiger partial charge in [0, 0.05) is 24.2 Å². The summed E-state index contributed by atoms with van der Waals surface area (Å²) < 4.78 is 0. The van der Waals surface area contributed by atoms with Gasteiger partial charge in [-0.1, -0.05) is 31.2 Å². The van der Waals surface area contributed by atoms with Gasteiger partial charge >= 0.3 is 0 Å². The van der Waals surface area contributed by atoms with Crippen LogP contribution in [0.2, 0.25) is 0 Å². The monoisotopic (exact) mass is 240 g/mol. The van der Waals surface area contributed by atoms with Gasteiger partial charge < -0.3 is 5.32 Å². The van der Waals surface area contributed by atoms with E-state index in [4.69, 9.17) is 0 Å². The molecule has 1 aromatic heterocycles. The molecule has 1 aliphatic carbocycles. The number of nitrogens with one attached hydrogen (secondary N) is 1. The fourth-order valence-corrected chi connectivity index (χ4v) is 2.69. The van der Waals surface area contributed by atoms with Crippen molar-refractivity contribution in [3.05, 3.63) is 42.1 Å². The summed E-state index contributed by atoms with van der Waals surface area (Å²) >= 11 is 0. The number of fused-ring (bicyclic) bond motifs is 1. The van der Waals surface area contributed by atoms with E-state index in [0.29, 0.717) is 6.04 Å². The lowest BCUT2D eigenvalue weighted by molar-refractivity contribution is 0.450. The van der Waals surface area contributed by atoms with Gasteiger partial charge in [0.15, 0.2) is 0 Å². The molecule has 0 aliphatic heterocycles. The van der Waals surface area contributed by atoms with E-state index >= 15 is 0 Å². The fraction of sp³-hybridized carbons (Fsp3) is 0.438. The van der Waals surface area contributed by atoms with Crippen molar-refractivity contribution in [2.75, 3.05) is 0 Å². The zero-order valence-electron chi connectivity index (χ0n) is 10.9. The first-order chi connectivity index (χ1) is 8.88. The van der Waals surface area contributed by atoms with Crippen LogP contribution in [0.15, 0.2) is 36.5 Å². The first kappa shape index (κ1) is 11.7. The molecule has 3 rings (SSSR count). The lowest BCUT2D eigenvalue weighted by atomic mass is 10.1. The smallest absolute Gasteiger partial charge is 0.0746 e. The Morgan fingerprint density at radius 3 is 2.89 bits per heavy atom. The van der Waals surface area contributed by atoms with E-state index in [1.807, 2.05) is 12.3 Å². The van der Waals surface area contributed by atoms with Crippen LogP contribution >= 0.6 is 0 Å². The van der Waals surface area contributed by atoms with E-state index in [1.54, 1.807) is 0 Å². The second kappa shape index (κ2) is 5.07. The number of nitrogens with zero attached hydrogens (tertiary/aromatic N) is 1. The van der Waals surface area contributed by atoms with Gasteiger partial charge in [0.1, 0.15) is 0 Å². The second-order valence-electron chi connectivity index (χ2n) is 5.23. The third-order valence-corrected chi connectivity index (χ3v) is 3.90. The van der Waals surface area contributed by atoms with Crippen molar-refractivity contribution in [2.45, 2.75) is 38.8 Å². The molecule has 1 aromatic carbocycles. The number of hydrogen-bond acceptors (Lipinski definition) is 2. The molecule has 1 N–H and O–H groups in total. The van der Waals surface area contributed by atoms with Gasteiger partial charge in [-0.3, -0.25) is 4.98 Å². The van der Waals surface area contributed by atoms with Crippen LogP contribution in [-0.4, -0.2) is 11.0 Å². The number of aromatic nitrogens is 1. The Bertz CT molecular complexity index is 526. The van der Waals surface area contributed by atoms with E-state index in [2.05, 4.69) is 41.5 Å². The topological polar surface area (TPSA) is 24.9 Å². The molecule has 94 valence electrons. The van der Waals surface area contributed by atoms with Gasteiger partial charge in [-0.25, -0.2) is 0 Å². The van der Waals surface area contributed by atoms with Crippen molar-refractivity contribution in [3.63, 3.8) is 0 Å². The quantitative estimate of drug-likeness (QED) is 0.865. The zero-order chi connectivity index (χ0) is 12.4. The summed E-state index contributed by atoms with van der Waals surface area (Å²) in [4.78, 5) is 4.51. The standard InChI is InChI=1S/C16H20N2/c1-2-15(12-8-9-12)18-11-14-6-3-5-13-7-4-10-17-16(13)14/h3-7,10,12,15,18H,2,8-9,11H2,1H3. The van der Waals surface area contributed by atoms with Crippen molar-refractivity contribution < 1.29 is 0 Å². The second-order valence-corrected chi connectivity index (χ2v) is 5.23. The molecular formula is C16H20N2. The molecule has 2 heteroatoms. The number of pyridine rings is 1. The highest BCUT2D eigenvalue weighted by molar-refractivity contribution is 5.81. The minimum absolute atomic E-state index is 0.684. The molecule has 18 heavy (non-hydrogen) atoms. The predicted octanol–water partition coefficient (Wildman–Crippen LogP) is 3.51. The summed E-state index contributed by atoms with van der Waals surface area (Å²) in [6, 6.07) is 11.2. The SMILES string of the molecule is CCC(NCc1cccc2cccnc12)C1CC1. The number of benzene rings is 1. The molecule has 1 fully saturated rings. The zero-order valence-corrected chi connectivity index (χ0v) is 10.9. The van der Waals surface area contributed by atoms with Crippen molar-refractivity contribution in [3.8, 4) is 0 Å². The number of hydrogen-bond donors (Lipinski definition) is 1. The third kappa shape index (κ3) is 2.39. The summed E-state index contributed by atoms with van der Waals surface area (Å²) in [6.07, 6.45) is 5.91. The minimum Gasteiger partial charge on any atom is -0.310 e. The van der Waals surface area contributed by atoms with E-state index in [9.17, 15) is 0 Å². The van der Waals surface area contributed by atoms with E-state index in [-0.39, 0.29) is 0 Å². The van der Waals surface area contributed by atoms with Crippen molar-refractivity contribution >= 4 is 10.9 Å². The Hall–Kier alpha value is -1.41. The Labute approximate surface area is 108 Å². The summed E-state index contributed by atoms with van der Waals surface area (Å²) in [7, 11) is 0. The van der Waals surface area contributed by atoms with Gasteiger partial charge in [0.2, 0.25) is 0 Å². The largest absolute Gasteiger partial charge is 0.310 e. The Kier molecular flexibility index (Phi) is 3.28. The van der Waals surface area contributed by atoms with Crippen LogP contribution < -0.4 is 5.32 Å². The molecule has 1 saturated carbocycles. The highest BCUT2D eigenvalue weighted by Gasteiger charge is 2.29. The van der Waals surface area contributed by atoms with E-state index < -0.39 is 0 Å². The van der Waals surface area contributed by atoms with Crippen LogP contribution in [-0.2, 0) is 6.54 Å². The Morgan fingerprint density at radius 2 is 2.11 bits per heavy atom. The molecule has 0 radical (unpaired) electrons. The summed E-state index contributed by atoms with van der Waals surface area (Å²) in [5, 5.41) is 4.93. The van der Waals surface area contributed by atoms with Crippen LogP contribution in [0.1, 0.15) is 31.7 Å². The maximum Gasteiger partial charge on any atom is 0.0746 e. The molecule has 2 nitrogen and oxygen atoms in total. The molecule has 1 unspecified atom stereocenters. The van der Waals surface area contributed by atoms with Gasteiger partial charge in [0.25, 0.3) is 0 Å². The first-order valence-electron chi connectivity index (χ1n) is 6.94. The molecule has 2 aromatic rings. The Morgan fingerprint density at radius 1 is 1.28 bits per heavy atom. The summed E-state index contributed by atoms with van der Waals surface area (Å²) in [5.74, 6) is 0.915. The molecular weight excluding hydrogens is 220 g/mol. The molecule has 0 amide bonds. The van der Waals surface area contributed by atoms with Crippen molar-refractivity contribution in [1.82, 2.24) is 10.3 Å². The van der Waals surface area contributed by atoms with Crippen LogP contribution in [0.25, 0.3) is 10.9 Å². The molecule has 0 spiro atoms. The van der Waals surface area contributed by atoms with Crippen LogP contribution in [0.4, 0.5) is 0 Å². The van der Waals surface area contributed by atoms with Crippen molar-refractivity contribution in [1.29, 1.82) is 0 Å². The first-order valence-corrected chi connectivity index (χ1v) is 6.94. The van der Waals surface area contributed by atoms with Crippen LogP contribution in [0, 0.1) is 5.92 Å². The Balaban J connectivity index is 1.77. The summed E-state index contributed by atoms with van der Waals surface area (Å²) in [6.45, 7) is 3.21. The maximum absolute atomic E-state index is 4.51. The highest BCUT2D eigenvalue weighted by Crippen LogP contribution is 2.34. The molecule has 0 saturated heterocycles. The molecule has 1 aliphatic rings. The van der Waals surface area contributed by atoms with Gasteiger partial charge in [-0.15, -0.1) is 0 Å². The third-order valence-electron chi connectivity index (χ3n) is 3.90. The van der Waals surface area contributed by atoms with Gasteiger partial charge in [-0.2, -0.15) is 0 Å².